The van der Waals surface area contributed by atoms with Crippen molar-refractivity contribution in [3.05, 3.63) is 17.5 Å². The van der Waals surface area contributed by atoms with Gasteiger partial charge in [-0.3, -0.25) is 4.68 Å². The van der Waals surface area contributed by atoms with E-state index in [-0.39, 0.29) is 0 Å². The highest BCUT2D eigenvalue weighted by Gasteiger charge is 2.32. The molecule has 2 rings (SSSR count). The fraction of sp³-hybridized carbons (Fsp3) is 0.812. The van der Waals surface area contributed by atoms with Crippen molar-refractivity contribution in [3.8, 4) is 0 Å². The quantitative estimate of drug-likeness (QED) is 0.903. The molecule has 1 aromatic heterocycles. The third-order valence-electron chi connectivity index (χ3n) is 4.61. The molecule has 1 heterocycles. The van der Waals surface area contributed by atoms with Gasteiger partial charge in [-0.05, 0) is 44.4 Å². The highest BCUT2D eigenvalue weighted by molar-refractivity contribution is 5.20. The maximum absolute atomic E-state index is 4.35. The van der Waals surface area contributed by atoms with Gasteiger partial charge in [0.25, 0.3) is 0 Å². The van der Waals surface area contributed by atoms with E-state index in [9.17, 15) is 0 Å². The van der Waals surface area contributed by atoms with Gasteiger partial charge in [0.05, 0.1) is 6.20 Å². The molecule has 1 N–H and O–H groups in total. The lowest BCUT2D eigenvalue weighted by Crippen LogP contribution is -2.41. The Morgan fingerprint density at radius 2 is 2.11 bits per heavy atom. The van der Waals surface area contributed by atoms with E-state index < -0.39 is 0 Å². The number of hydrogen-bond acceptors (Lipinski definition) is 2. The van der Waals surface area contributed by atoms with Crippen LogP contribution in [-0.2, 0) is 7.05 Å². The molecule has 0 radical (unpaired) electrons. The zero-order valence-corrected chi connectivity index (χ0v) is 13.3. The van der Waals surface area contributed by atoms with Gasteiger partial charge < -0.3 is 5.32 Å². The number of aromatic nitrogens is 2. The van der Waals surface area contributed by atoms with Gasteiger partial charge in [-0.2, -0.15) is 5.10 Å². The molecule has 0 amide bonds. The molecular formula is C16H29N3. The first-order chi connectivity index (χ1) is 8.78. The van der Waals surface area contributed by atoms with Crippen LogP contribution in [0, 0.1) is 18.3 Å². The minimum absolute atomic E-state index is 0.389. The van der Waals surface area contributed by atoms with Crippen molar-refractivity contribution < 1.29 is 0 Å². The Bertz CT molecular complexity index is 433. The Morgan fingerprint density at radius 3 is 2.63 bits per heavy atom. The molecule has 0 saturated heterocycles. The van der Waals surface area contributed by atoms with Gasteiger partial charge in [0.15, 0.2) is 0 Å². The average molecular weight is 263 g/mol. The molecule has 3 nitrogen and oxygen atoms in total. The maximum Gasteiger partial charge on any atom is 0.0540 e. The first-order valence-corrected chi connectivity index (χ1v) is 7.53. The Hall–Kier alpha value is -0.830. The van der Waals surface area contributed by atoms with Gasteiger partial charge in [0, 0.05) is 30.4 Å². The largest absolute Gasteiger partial charge is 0.307 e. The van der Waals surface area contributed by atoms with Gasteiger partial charge in [0.2, 0.25) is 0 Å². The fourth-order valence-electron chi connectivity index (χ4n) is 3.86. The van der Waals surface area contributed by atoms with Crippen LogP contribution in [0.25, 0.3) is 0 Å². The third-order valence-corrected chi connectivity index (χ3v) is 4.61. The number of aryl methyl sites for hydroxylation is 1. The topological polar surface area (TPSA) is 29.9 Å². The first kappa shape index (κ1) is 14.6. The Kier molecular flexibility index (Phi) is 4.05. The predicted molar refractivity (Wildman–Crippen MR) is 80.1 cm³/mol. The molecule has 0 aromatic carbocycles. The minimum atomic E-state index is 0.389. The third kappa shape index (κ3) is 3.38. The summed E-state index contributed by atoms with van der Waals surface area (Å²) in [5, 5.41) is 8.17. The smallest absolute Gasteiger partial charge is 0.0540 e. The lowest BCUT2D eigenvalue weighted by Gasteiger charge is -2.40. The summed E-state index contributed by atoms with van der Waals surface area (Å²) in [6, 6.07) is 1.02. The van der Waals surface area contributed by atoms with Gasteiger partial charge in [-0.25, -0.2) is 0 Å². The minimum Gasteiger partial charge on any atom is -0.307 e. The highest BCUT2D eigenvalue weighted by Crippen LogP contribution is 2.39. The number of hydrogen-bond donors (Lipinski definition) is 1. The standard InChI is InChI=1S/C16H29N3/c1-11-7-14(9-16(4,5)8-11)18-12(2)15-10-17-19(6)13(15)3/h10-12,14,18H,7-9H2,1-6H3. The summed E-state index contributed by atoms with van der Waals surface area (Å²) in [5.74, 6) is 0.823. The summed E-state index contributed by atoms with van der Waals surface area (Å²) in [5.41, 5.74) is 3.07. The molecule has 3 unspecified atom stereocenters. The molecule has 19 heavy (non-hydrogen) atoms. The SMILES string of the molecule is Cc1c(C(C)NC2CC(C)CC(C)(C)C2)cnn1C. The number of rotatable bonds is 3. The number of nitrogens with zero attached hydrogens (tertiary/aromatic N) is 2. The van der Waals surface area contributed by atoms with Crippen molar-refractivity contribution in [1.29, 1.82) is 0 Å². The fourth-order valence-corrected chi connectivity index (χ4v) is 3.86. The molecular weight excluding hydrogens is 234 g/mol. The summed E-state index contributed by atoms with van der Waals surface area (Å²) in [7, 11) is 2.01. The van der Waals surface area contributed by atoms with Crippen molar-refractivity contribution in [3.63, 3.8) is 0 Å². The summed E-state index contributed by atoms with van der Waals surface area (Å²) in [6.07, 6.45) is 5.93. The van der Waals surface area contributed by atoms with E-state index >= 15 is 0 Å². The van der Waals surface area contributed by atoms with E-state index in [4.69, 9.17) is 0 Å². The van der Waals surface area contributed by atoms with Crippen LogP contribution in [0.2, 0.25) is 0 Å². The van der Waals surface area contributed by atoms with Crippen LogP contribution in [0.4, 0.5) is 0 Å². The van der Waals surface area contributed by atoms with Crippen LogP contribution in [0.1, 0.15) is 64.3 Å². The van der Waals surface area contributed by atoms with Crippen molar-refractivity contribution in [1.82, 2.24) is 15.1 Å². The molecule has 3 heteroatoms. The van der Waals surface area contributed by atoms with E-state index in [0.717, 1.165) is 5.92 Å². The van der Waals surface area contributed by atoms with Crippen LogP contribution < -0.4 is 5.32 Å². The van der Waals surface area contributed by atoms with Crippen LogP contribution in [-0.4, -0.2) is 15.8 Å². The summed E-state index contributed by atoms with van der Waals surface area (Å²) in [4.78, 5) is 0. The van der Waals surface area contributed by atoms with E-state index in [2.05, 4.69) is 45.0 Å². The summed E-state index contributed by atoms with van der Waals surface area (Å²) >= 11 is 0. The molecule has 1 aromatic rings. The molecule has 1 fully saturated rings. The molecule has 1 saturated carbocycles. The zero-order chi connectivity index (χ0) is 14.2. The van der Waals surface area contributed by atoms with E-state index in [0.29, 0.717) is 17.5 Å². The molecule has 1 aliphatic rings. The lowest BCUT2D eigenvalue weighted by atomic mass is 9.70. The lowest BCUT2D eigenvalue weighted by molar-refractivity contribution is 0.145. The van der Waals surface area contributed by atoms with Crippen molar-refractivity contribution in [2.75, 3.05) is 0 Å². The Labute approximate surface area is 117 Å². The van der Waals surface area contributed by atoms with Crippen LogP contribution in [0.5, 0.6) is 0 Å². The van der Waals surface area contributed by atoms with Crippen LogP contribution in [0.3, 0.4) is 0 Å². The summed E-state index contributed by atoms with van der Waals surface area (Å²) < 4.78 is 1.96. The molecule has 0 spiro atoms. The van der Waals surface area contributed by atoms with E-state index in [1.807, 2.05) is 17.9 Å². The van der Waals surface area contributed by atoms with Gasteiger partial charge in [-0.15, -0.1) is 0 Å². The van der Waals surface area contributed by atoms with Crippen molar-refractivity contribution >= 4 is 0 Å². The second-order valence-electron chi connectivity index (χ2n) is 7.31. The van der Waals surface area contributed by atoms with Gasteiger partial charge in [-0.1, -0.05) is 20.8 Å². The maximum atomic E-state index is 4.35. The number of nitrogens with one attached hydrogen (secondary N) is 1. The van der Waals surface area contributed by atoms with Crippen molar-refractivity contribution in [2.45, 2.75) is 66.0 Å². The van der Waals surface area contributed by atoms with E-state index in [1.54, 1.807) is 0 Å². The molecule has 0 aliphatic heterocycles. The second kappa shape index (κ2) is 5.28. The van der Waals surface area contributed by atoms with E-state index in [1.165, 1.54) is 30.5 Å². The van der Waals surface area contributed by atoms with Gasteiger partial charge >= 0.3 is 0 Å². The van der Waals surface area contributed by atoms with Crippen molar-refractivity contribution in [2.24, 2.45) is 18.4 Å². The Balaban J connectivity index is 2.02. The van der Waals surface area contributed by atoms with Crippen LogP contribution >= 0.6 is 0 Å². The normalized spacial score (nSPS) is 28.3. The summed E-state index contributed by atoms with van der Waals surface area (Å²) in [6.45, 7) is 11.6. The first-order valence-electron chi connectivity index (χ1n) is 7.53. The molecule has 1 aliphatic carbocycles. The molecule has 3 atom stereocenters. The Morgan fingerprint density at radius 1 is 1.42 bits per heavy atom. The molecule has 108 valence electrons. The zero-order valence-electron chi connectivity index (χ0n) is 13.3. The molecule has 0 bridgehead atoms. The second-order valence-corrected chi connectivity index (χ2v) is 7.31. The highest BCUT2D eigenvalue weighted by atomic mass is 15.3. The predicted octanol–water partition coefficient (Wildman–Crippen LogP) is 3.59. The van der Waals surface area contributed by atoms with Crippen LogP contribution in [0.15, 0.2) is 6.20 Å². The average Bonchev–Trinajstić information content (AvgIpc) is 2.56. The van der Waals surface area contributed by atoms with Gasteiger partial charge in [0.1, 0.15) is 0 Å². The monoisotopic (exact) mass is 263 g/mol.